The van der Waals surface area contributed by atoms with Crippen molar-refractivity contribution < 1.29 is 14.3 Å². The number of aryl methyl sites for hydroxylation is 1. The minimum atomic E-state index is -0.403. The summed E-state index contributed by atoms with van der Waals surface area (Å²) in [5.74, 6) is 1.74. The monoisotopic (exact) mass is 511 g/mol. The summed E-state index contributed by atoms with van der Waals surface area (Å²) >= 11 is 0. The summed E-state index contributed by atoms with van der Waals surface area (Å²) in [4.78, 5) is 14.7. The lowest BCUT2D eigenvalue weighted by molar-refractivity contribution is -0.117. The van der Waals surface area contributed by atoms with Crippen molar-refractivity contribution in [2.75, 3.05) is 25.5 Å². The van der Waals surface area contributed by atoms with Gasteiger partial charge in [-0.2, -0.15) is 5.26 Å². The van der Waals surface area contributed by atoms with E-state index < -0.39 is 6.04 Å². The molecule has 0 aliphatic rings. The zero-order valence-corrected chi connectivity index (χ0v) is 21.1. The van der Waals surface area contributed by atoms with E-state index in [9.17, 15) is 4.79 Å². The van der Waals surface area contributed by atoms with Gasteiger partial charge in [0.1, 0.15) is 11.5 Å². The minimum absolute atomic E-state index is 0.0761. The molecule has 0 aliphatic heterocycles. The average molecular weight is 512 g/mol. The minimum Gasteiger partial charge on any atom is -0.457 e. The maximum absolute atomic E-state index is 12.9. The summed E-state index contributed by atoms with van der Waals surface area (Å²) < 4.78 is 13.4. The average Bonchev–Trinajstić information content (AvgIpc) is 3.40. The fourth-order valence-corrected chi connectivity index (χ4v) is 3.80. The standard InChI is InChI=1S/C28H29N7O3/c1-34(19-27(36)30-23-13-15-25(16-14-23)38-24-11-6-3-7-12-24)26(21-37-20-22-9-4-2-5-10-22)28-31-32-33-35(28)18-8-17-29/h2-7,9-16,26H,8,18-21H2,1H3,(H,30,36). The van der Waals surface area contributed by atoms with Crippen LogP contribution in [0.2, 0.25) is 0 Å². The SMILES string of the molecule is CN(CC(=O)Nc1ccc(Oc2ccccc2)cc1)C(COCc1ccccc1)c1nnnn1CCC#N. The third-order valence-corrected chi connectivity index (χ3v) is 5.72. The smallest absolute Gasteiger partial charge is 0.238 e. The number of hydrogen-bond acceptors (Lipinski definition) is 8. The topological polar surface area (TPSA) is 118 Å². The van der Waals surface area contributed by atoms with E-state index in [4.69, 9.17) is 14.7 Å². The number of nitrogens with zero attached hydrogens (tertiary/aromatic N) is 6. The van der Waals surface area contributed by atoms with Crippen LogP contribution in [-0.4, -0.2) is 51.2 Å². The third-order valence-electron chi connectivity index (χ3n) is 5.72. The van der Waals surface area contributed by atoms with E-state index in [1.54, 1.807) is 28.9 Å². The lowest BCUT2D eigenvalue weighted by Crippen LogP contribution is -2.37. The van der Waals surface area contributed by atoms with Crippen LogP contribution in [-0.2, 0) is 22.7 Å². The van der Waals surface area contributed by atoms with Crippen LogP contribution in [0.1, 0.15) is 23.9 Å². The molecule has 0 aliphatic carbocycles. The van der Waals surface area contributed by atoms with Gasteiger partial charge >= 0.3 is 0 Å². The summed E-state index contributed by atoms with van der Waals surface area (Å²) in [6.07, 6.45) is 0.268. The first-order valence-corrected chi connectivity index (χ1v) is 12.2. The third kappa shape index (κ3) is 7.70. The Bertz CT molecular complexity index is 1320. The number of aromatic nitrogens is 4. The van der Waals surface area contributed by atoms with Crippen molar-refractivity contribution in [1.82, 2.24) is 25.1 Å². The number of carbonyl (C=O) groups excluding carboxylic acids is 1. The molecule has 4 aromatic rings. The number of nitriles is 1. The second kappa shape index (κ2) is 13.6. The first-order valence-electron chi connectivity index (χ1n) is 12.2. The molecule has 0 bridgehead atoms. The molecule has 3 aromatic carbocycles. The van der Waals surface area contributed by atoms with Gasteiger partial charge in [-0.15, -0.1) is 5.10 Å². The summed E-state index contributed by atoms with van der Waals surface area (Å²) in [6.45, 7) is 1.10. The van der Waals surface area contributed by atoms with Gasteiger partial charge in [0.2, 0.25) is 5.91 Å². The fourth-order valence-electron chi connectivity index (χ4n) is 3.80. The normalized spacial score (nSPS) is 11.6. The highest BCUT2D eigenvalue weighted by Gasteiger charge is 2.25. The molecule has 0 saturated carbocycles. The number of ether oxygens (including phenoxy) is 2. The lowest BCUT2D eigenvalue weighted by Gasteiger charge is -2.26. The van der Waals surface area contributed by atoms with E-state index in [0.29, 0.717) is 30.4 Å². The van der Waals surface area contributed by atoms with Gasteiger partial charge in [0.05, 0.1) is 44.8 Å². The summed E-state index contributed by atoms with van der Waals surface area (Å²) in [5, 5.41) is 23.9. The molecule has 0 spiro atoms. The lowest BCUT2D eigenvalue weighted by atomic mass is 10.2. The van der Waals surface area contributed by atoms with Crippen molar-refractivity contribution >= 4 is 11.6 Å². The molecule has 1 atom stereocenters. The van der Waals surface area contributed by atoms with Gasteiger partial charge in [-0.25, -0.2) is 4.68 Å². The predicted molar refractivity (Wildman–Crippen MR) is 141 cm³/mol. The first-order chi connectivity index (χ1) is 18.6. The van der Waals surface area contributed by atoms with Crippen molar-refractivity contribution in [2.45, 2.75) is 25.6 Å². The number of benzene rings is 3. The van der Waals surface area contributed by atoms with Crippen LogP contribution >= 0.6 is 0 Å². The number of anilines is 1. The number of rotatable bonds is 13. The Kier molecular flexibility index (Phi) is 9.51. The maximum Gasteiger partial charge on any atom is 0.238 e. The Balaban J connectivity index is 1.38. The molecule has 0 radical (unpaired) electrons. The molecule has 1 N–H and O–H groups in total. The molecule has 1 unspecified atom stereocenters. The zero-order chi connectivity index (χ0) is 26.6. The Labute approximate surface area is 221 Å². The Hall–Kier alpha value is -4.59. The Morgan fingerprint density at radius 1 is 1.03 bits per heavy atom. The molecular weight excluding hydrogens is 482 g/mol. The van der Waals surface area contributed by atoms with Gasteiger partial charge in [-0.1, -0.05) is 48.5 Å². The van der Waals surface area contributed by atoms with E-state index in [1.165, 1.54) is 0 Å². The van der Waals surface area contributed by atoms with Crippen molar-refractivity contribution in [3.63, 3.8) is 0 Å². The molecule has 0 fully saturated rings. The number of tetrazole rings is 1. The van der Waals surface area contributed by atoms with Gasteiger partial charge in [0.25, 0.3) is 0 Å². The van der Waals surface area contributed by atoms with E-state index in [-0.39, 0.29) is 25.5 Å². The number of para-hydroxylation sites is 1. The van der Waals surface area contributed by atoms with E-state index in [1.807, 2.05) is 72.6 Å². The predicted octanol–water partition coefficient (Wildman–Crippen LogP) is 4.21. The number of likely N-dealkylation sites (N-methyl/N-ethyl adjacent to an activating group) is 1. The van der Waals surface area contributed by atoms with Gasteiger partial charge in [-0.05, 0) is 59.4 Å². The van der Waals surface area contributed by atoms with Crippen LogP contribution in [0.5, 0.6) is 11.5 Å². The molecule has 1 amide bonds. The number of hydrogen-bond donors (Lipinski definition) is 1. The highest BCUT2D eigenvalue weighted by molar-refractivity contribution is 5.92. The van der Waals surface area contributed by atoms with Crippen LogP contribution < -0.4 is 10.1 Å². The van der Waals surface area contributed by atoms with Crippen molar-refractivity contribution in [1.29, 1.82) is 5.26 Å². The van der Waals surface area contributed by atoms with E-state index in [0.717, 1.165) is 11.3 Å². The molecule has 0 saturated heterocycles. The zero-order valence-electron chi connectivity index (χ0n) is 21.1. The van der Waals surface area contributed by atoms with Crippen molar-refractivity contribution in [3.05, 3.63) is 96.3 Å². The molecule has 38 heavy (non-hydrogen) atoms. The van der Waals surface area contributed by atoms with Gasteiger partial charge in [-0.3, -0.25) is 9.69 Å². The second-order valence-electron chi connectivity index (χ2n) is 8.59. The van der Waals surface area contributed by atoms with E-state index >= 15 is 0 Å². The summed E-state index contributed by atoms with van der Waals surface area (Å²) in [7, 11) is 1.82. The summed E-state index contributed by atoms with van der Waals surface area (Å²) in [5.41, 5.74) is 1.69. The molecular formula is C28H29N7O3. The molecule has 10 heteroatoms. The van der Waals surface area contributed by atoms with Crippen LogP contribution in [0.4, 0.5) is 5.69 Å². The molecule has 10 nitrogen and oxygen atoms in total. The van der Waals surface area contributed by atoms with Crippen molar-refractivity contribution in [2.24, 2.45) is 0 Å². The molecule has 1 heterocycles. The molecule has 194 valence electrons. The largest absolute Gasteiger partial charge is 0.457 e. The molecule has 1 aromatic heterocycles. The fraction of sp³-hybridized carbons (Fsp3) is 0.250. The van der Waals surface area contributed by atoms with Gasteiger partial charge < -0.3 is 14.8 Å². The molecule has 4 rings (SSSR count). The van der Waals surface area contributed by atoms with Crippen molar-refractivity contribution in [3.8, 4) is 17.6 Å². The van der Waals surface area contributed by atoms with Gasteiger partial charge in [0, 0.05) is 5.69 Å². The first kappa shape index (κ1) is 26.5. The summed E-state index contributed by atoms with van der Waals surface area (Å²) in [6, 6.07) is 28.2. The second-order valence-corrected chi connectivity index (χ2v) is 8.59. The Morgan fingerprint density at radius 2 is 1.71 bits per heavy atom. The van der Waals surface area contributed by atoms with Crippen LogP contribution in [0.3, 0.4) is 0 Å². The van der Waals surface area contributed by atoms with Crippen LogP contribution in [0, 0.1) is 11.3 Å². The van der Waals surface area contributed by atoms with Gasteiger partial charge in [0.15, 0.2) is 5.82 Å². The number of amides is 1. The number of carbonyl (C=O) groups is 1. The quantitative estimate of drug-likeness (QED) is 0.284. The number of nitrogens with one attached hydrogen (secondary N) is 1. The van der Waals surface area contributed by atoms with Crippen LogP contribution in [0.15, 0.2) is 84.9 Å². The van der Waals surface area contributed by atoms with E-state index in [2.05, 4.69) is 26.9 Å². The maximum atomic E-state index is 12.9. The highest BCUT2D eigenvalue weighted by Crippen LogP contribution is 2.23. The highest BCUT2D eigenvalue weighted by atomic mass is 16.5. The van der Waals surface area contributed by atoms with Crippen LogP contribution in [0.25, 0.3) is 0 Å². The Morgan fingerprint density at radius 3 is 2.42 bits per heavy atom.